The van der Waals surface area contributed by atoms with Crippen LogP contribution in [0.2, 0.25) is 0 Å². The second-order valence-corrected chi connectivity index (χ2v) is 8.24. The molecule has 0 N–H and O–H groups in total. The van der Waals surface area contributed by atoms with E-state index in [4.69, 9.17) is 4.74 Å². The molecule has 0 aliphatic carbocycles. The zero-order valence-corrected chi connectivity index (χ0v) is 16.6. The lowest BCUT2D eigenvalue weighted by molar-refractivity contribution is -0.149. The molecule has 1 amide bonds. The summed E-state index contributed by atoms with van der Waals surface area (Å²) in [6.45, 7) is 2.60. The molecule has 2 heterocycles. The molecular weight excluding hydrogens is 358 g/mol. The molecule has 3 heteroatoms. The molecule has 3 atom stereocenters. The quantitative estimate of drug-likeness (QED) is 0.645. The number of amides is 1. The van der Waals surface area contributed by atoms with Crippen molar-refractivity contribution >= 4 is 5.91 Å². The standard InChI is InChI=1S/C26H25NO2/c1-26-17-21-14-8-9-15-22(21)23(16-19-10-4-2-5-11-19)25(28)27(26)24(18-29-26)20-12-6-3-7-13-20/h2-15,23-24H,16-18H2,1H3/t23-,24+,26+/m1/s1. The first kappa shape index (κ1) is 18.1. The summed E-state index contributed by atoms with van der Waals surface area (Å²) in [4.78, 5) is 16.1. The number of fused-ring (bicyclic) bond motifs is 2. The van der Waals surface area contributed by atoms with Crippen LogP contribution in [0.3, 0.4) is 0 Å². The fourth-order valence-electron chi connectivity index (χ4n) is 4.91. The van der Waals surface area contributed by atoms with Crippen molar-refractivity contribution in [1.29, 1.82) is 0 Å². The van der Waals surface area contributed by atoms with Crippen molar-refractivity contribution in [3.8, 4) is 0 Å². The Morgan fingerprint density at radius 3 is 2.34 bits per heavy atom. The lowest BCUT2D eigenvalue weighted by atomic mass is 9.87. The molecule has 5 rings (SSSR count). The third-order valence-electron chi connectivity index (χ3n) is 6.32. The van der Waals surface area contributed by atoms with Gasteiger partial charge >= 0.3 is 0 Å². The Balaban J connectivity index is 1.60. The summed E-state index contributed by atoms with van der Waals surface area (Å²) in [5.74, 6) is -0.0454. The van der Waals surface area contributed by atoms with Crippen LogP contribution >= 0.6 is 0 Å². The lowest BCUT2D eigenvalue weighted by Crippen LogP contribution is -2.48. The number of rotatable bonds is 3. The number of carbonyl (C=O) groups is 1. The molecule has 3 aromatic carbocycles. The van der Waals surface area contributed by atoms with Gasteiger partial charge in [-0.25, -0.2) is 0 Å². The van der Waals surface area contributed by atoms with Crippen molar-refractivity contribution < 1.29 is 9.53 Å². The maximum Gasteiger partial charge on any atom is 0.233 e. The Morgan fingerprint density at radius 1 is 0.931 bits per heavy atom. The van der Waals surface area contributed by atoms with E-state index in [0.717, 1.165) is 11.1 Å². The highest BCUT2D eigenvalue weighted by Crippen LogP contribution is 2.45. The minimum absolute atomic E-state index is 0.0544. The van der Waals surface area contributed by atoms with E-state index in [1.165, 1.54) is 11.1 Å². The van der Waals surface area contributed by atoms with Crippen LogP contribution in [0.1, 0.15) is 41.1 Å². The fourth-order valence-corrected chi connectivity index (χ4v) is 4.91. The predicted octanol–water partition coefficient (Wildman–Crippen LogP) is 4.89. The molecule has 3 nitrogen and oxygen atoms in total. The zero-order chi connectivity index (χ0) is 19.8. The van der Waals surface area contributed by atoms with Gasteiger partial charge in [0.15, 0.2) is 0 Å². The molecule has 2 aliphatic rings. The largest absolute Gasteiger partial charge is 0.353 e. The number of carbonyl (C=O) groups excluding carboxylic acids is 1. The van der Waals surface area contributed by atoms with Gasteiger partial charge in [0.25, 0.3) is 0 Å². The fraction of sp³-hybridized carbons (Fsp3) is 0.269. The normalized spacial score (nSPS) is 26.0. The van der Waals surface area contributed by atoms with Gasteiger partial charge in [0.1, 0.15) is 5.72 Å². The molecule has 0 unspecified atom stereocenters. The van der Waals surface area contributed by atoms with Crippen LogP contribution in [0.4, 0.5) is 0 Å². The van der Waals surface area contributed by atoms with Crippen LogP contribution < -0.4 is 0 Å². The van der Waals surface area contributed by atoms with Crippen LogP contribution in [0.25, 0.3) is 0 Å². The molecule has 3 aromatic rings. The van der Waals surface area contributed by atoms with E-state index in [1.807, 2.05) is 47.4 Å². The second-order valence-electron chi connectivity index (χ2n) is 8.24. The summed E-state index contributed by atoms with van der Waals surface area (Å²) in [5.41, 5.74) is 4.03. The van der Waals surface area contributed by atoms with Crippen molar-refractivity contribution in [2.45, 2.75) is 37.5 Å². The molecule has 0 bridgehead atoms. The Kier molecular flexibility index (Phi) is 4.48. The van der Waals surface area contributed by atoms with Gasteiger partial charge in [-0.3, -0.25) is 4.79 Å². The van der Waals surface area contributed by atoms with Crippen LogP contribution in [-0.2, 0) is 22.4 Å². The van der Waals surface area contributed by atoms with Crippen molar-refractivity contribution in [3.63, 3.8) is 0 Å². The summed E-state index contributed by atoms with van der Waals surface area (Å²) in [5, 5.41) is 0. The zero-order valence-electron chi connectivity index (χ0n) is 16.6. The molecule has 2 aliphatic heterocycles. The van der Waals surface area contributed by atoms with E-state index >= 15 is 0 Å². The summed E-state index contributed by atoms with van der Waals surface area (Å²) < 4.78 is 6.32. The second kappa shape index (κ2) is 7.16. The Hall–Kier alpha value is -2.91. The summed E-state index contributed by atoms with van der Waals surface area (Å²) in [6, 6.07) is 28.9. The van der Waals surface area contributed by atoms with Gasteiger partial charge < -0.3 is 9.64 Å². The summed E-state index contributed by atoms with van der Waals surface area (Å²) in [7, 11) is 0. The molecule has 0 radical (unpaired) electrons. The number of benzene rings is 3. The lowest BCUT2D eigenvalue weighted by Gasteiger charge is -2.36. The molecule has 0 saturated carbocycles. The third-order valence-corrected chi connectivity index (χ3v) is 6.32. The first-order valence-corrected chi connectivity index (χ1v) is 10.3. The number of nitrogens with zero attached hydrogens (tertiary/aromatic N) is 1. The Morgan fingerprint density at radius 2 is 1.59 bits per heavy atom. The van der Waals surface area contributed by atoms with E-state index in [0.29, 0.717) is 19.4 Å². The molecule has 0 aromatic heterocycles. The van der Waals surface area contributed by atoms with Crippen molar-refractivity contribution in [2.24, 2.45) is 0 Å². The highest BCUT2D eigenvalue weighted by Gasteiger charge is 2.51. The van der Waals surface area contributed by atoms with Crippen molar-refractivity contribution in [2.75, 3.05) is 6.61 Å². The third kappa shape index (κ3) is 3.16. The van der Waals surface area contributed by atoms with E-state index in [-0.39, 0.29) is 17.9 Å². The van der Waals surface area contributed by atoms with Gasteiger partial charge in [0.2, 0.25) is 5.91 Å². The van der Waals surface area contributed by atoms with E-state index in [2.05, 4.69) is 49.4 Å². The molecule has 1 fully saturated rings. The van der Waals surface area contributed by atoms with Crippen molar-refractivity contribution in [1.82, 2.24) is 4.90 Å². The molecule has 146 valence electrons. The average molecular weight is 383 g/mol. The topological polar surface area (TPSA) is 29.5 Å². The molecule has 1 saturated heterocycles. The molecule has 0 spiro atoms. The van der Waals surface area contributed by atoms with Crippen LogP contribution in [0, 0.1) is 0 Å². The SMILES string of the molecule is C[C@]12Cc3ccccc3[C@@H](Cc3ccccc3)C(=O)N1[C@H](c1ccccc1)CO2. The monoisotopic (exact) mass is 383 g/mol. The maximum absolute atomic E-state index is 14.0. The number of hydrogen-bond donors (Lipinski definition) is 0. The van der Waals surface area contributed by atoms with Gasteiger partial charge in [-0.2, -0.15) is 0 Å². The first-order valence-electron chi connectivity index (χ1n) is 10.3. The average Bonchev–Trinajstić information content (AvgIpc) is 3.06. The van der Waals surface area contributed by atoms with Crippen LogP contribution in [0.5, 0.6) is 0 Å². The Bertz CT molecular complexity index is 1020. The smallest absolute Gasteiger partial charge is 0.233 e. The Labute approximate surface area is 171 Å². The van der Waals surface area contributed by atoms with E-state index in [1.54, 1.807) is 0 Å². The van der Waals surface area contributed by atoms with Gasteiger partial charge in [-0.1, -0.05) is 84.9 Å². The van der Waals surface area contributed by atoms with E-state index in [9.17, 15) is 4.79 Å². The van der Waals surface area contributed by atoms with Gasteiger partial charge in [0, 0.05) is 6.42 Å². The van der Waals surface area contributed by atoms with Crippen LogP contribution in [-0.4, -0.2) is 23.1 Å². The molecular formula is C26H25NO2. The minimum atomic E-state index is -0.626. The number of hydrogen-bond acceptors (Lipinski definition) is 2. The predicted molar refractivity (Wildman–Crippen MR) is 113 cm³/mol. The van der Waals surface area contributed by atoms with Crippen LogP contribution in [0.15, 0.2) is 84.9 Å². The summed E-state index contributed by atoms with van der Waals surface area (Å²) in [6.07, 6.45) is 1.41. The number of ether oxygens (including phenoxy) is 1. The van der Waals surface area contributed by atoms with E-state index < -0.39 is 5.72 Å². The highest BCUT2D eigenvalue weighted by atomic mass is 16.5. The summed E-state index contributed by atoms with van der Waals surface area (Å²) >= 11 is 0. The van der Waals surface area contributed by atoms with Gasteiger partial charge in [-0.15, -0.1) is 0 Å². The minimum Gasteiger partial charge on any atom is -0.353 e. The van der Waals surface area contributed by atoms with Crippen molar-refractivity contribution in [3.05, 3.63) is 107 Å². The molecule has 29 heavy (non-hydrogen) atoms. The van der Waals surface area contributed by atoms with Gasteiger partial charge in [0.05, 0.1) is 18.6 Å². The maximum atomic E-state index is 14.0. The highest BCUT2D eigenvalue weighted by molar-refractivity contribution is 5.86. The van der Waals surface area contributed by atoms with Gasteiger partial charge in [-0.05, 0) is 35.6 Å². The first-order chi connectivity index (χ1) is 14.2.